The Morgan fingerprint density at radius 3 is 2.43 bits per heavy atom. The molecular weight excluding hydrogens is 272 g/mol. The van der Waals surface area contributed by atoms with Crippen LogP contribution in [0.2, 0.25) is 0 Å². The number of likely N-dealkylation sites (tertiary alicyclic amines) is 2. The second-order valence-electron chi connectivity index (χ2n) is 6.10. The van der Waals surface area contributed by atoms with E-state index in [9.17, 15) is 14.7 Å². The fourth-order valence-corrected chi connectivity index (χ4v) is 3.24. The summed E-state index contributed by atoms with van der Waals surface area (Å²) in [5, 5.41) is 9.35. The Morgan fingerprint density at radius 1 is 1.19 bits per heavy atom. The number of carboxylic acids is 1. The zero-order valence-corrected chi connectivity index (χ0v) is 13.0. The molecule has 0 radical (unpaired) electrons. The van der Waals surface area contributed by atoms with Crippen LogP contribution >= 0.6 is 0 Å². The summed E-state index contributed by atoms with van der Waals surface area (Å²) in [5.41, 5.74) is 0. The summed E-state index contributed by atoms with van der Waals surface area (Å²) in [6, 6.07) is -0.796. The summed E-state index contributed by atoms with van der Waals surface area (Å²) in [5.74, 6) is -0.530. The minimum absolute atomic E-state index is 0.121. The predicted octanol–water partition coefficient (Wildman–Crippen LogP) is 1.79. The smallest absolute Gasteiger partial charge is 0.326 e. The Morgan fingerprint density at radius 2 is 1.86 bits per heavy atom. The third kappa shape index (κ3) is 3.87. The van der Waals surface area contributed by atoms with Crippen molar-refractivity contribution in [3.63, 3.8) is 0 Å². The molecule has 0 saturated carbocycles. The summed E-state index contributed by atoms with van der Waals surface area (Å²) in [6.45, 7) is 6.57. The zero-order valence-electron chi connectivity index (χ0n) is 13.0. The van der Waals surface area contributed by atoms with Gasteiger partial charge in [-0.1, -0.05) is 6.92 Å². The van der Waals surface area contributed by atoms with Gasteiger partial charge in [-0.15, -0.1) is 0 Å². The molecule has 0 aromatic rings. The molecule has 2 heterocycles. The number of amides is 2. The van der Waals surface area contributed by atoms with Crippen molar-refractivity contribution in [2.75, 3.05) is 26.2 Å². The van der Waals surface area contributed by atoms with Gasteiger partial charge in [0.1, 0.15) is 6.04 Å². The molecule has 21 heavy (non-hydrogen) atoms. The van der Waals surface area contributed by atoms with Crippen LogP contribution in [0.4, 0.5) is 4.79 Å². The van der Waals surface area contributed by atoms with Crippen molar-refractivity contribution in [2.24, 2.45) is 5.92 Å². The van der Waals surface area contributed by atoms with Crippen LogP contribution in [0.3, 0.4) is 0 Å². The minimum atomic E-state index is -0.890. The SMILES string of the molecule is CCOC1CCN(C(=O)N2CCC(C)CC2C(=O)O)CC1. The maximum absolute atomic E-state index is 12.6. The molecule has 0 spiro atoms. The van der Waals surface area contributed by atoms with Crippen molar-refractivity contribution in [1.82, 2.24) is 9.80 Å². The van der Waals surface area contributed by atoms with Crippen LogP contribution in [0.1, 0.15) is 39.5 Å². The van der Waals surface area contributed by atoms with Crippen LogP contribution in [-0.4, -0.2) is 65.3 Å². The first kappa shape index (κ1) is 16.1. The van der Waals surface area contributed by atoms with Gasteiger partial charge in [-0.2, -0.15) is 0 Å². The normalized spacial score (nSPS) is 27.7. The minimum Gasteiger partial charge on any atom is -0.480 e. The number of piperidine rings is 2. The Labute approximate surface area is 126 Å². The molecule has 1 N–H and O–H groups in total. The lowest BCUT2D eigenvalue weighted by Gasteiger charge is -2.41. The van der Waals surface area contributed by atoms with E-state index in [4.69, 9.17) is 4.74 Å². The Kier molecular flexibility index (Phi) is 5.45. The first-order chi connectivity index (χ1) is 10.0. The van der Waals surface area contributed by atoms with Gasteiger partial charge in [0.05, 0.1) is 6.10 Å². The fraction of sp³-hybridized carbons (Fsp3) is 0.867. The highest BCUT2D eigenvalue weighted by molar-refractivity contribution is 5.83. The van der Waals surface area contributed by atoms with Gasteiger partial charge < -0.3 is 19.6 Å². The molecule has 2 saturated heterocycles. The number of nitrogens with zero attached hydrogens (tertiary/aromatic N) is 2. The van der Waals surface area contributed by atoms with Gasteiger partial charge in [-0.25, -0.2) is 9.59 Å². The predicted molar refractivity (Wildman–Crippen MR) is 78.1 cm³/mol. The van der Waals surface area contributed by atoms with Gasteiger partial charge in [-0.3, -0.25) is 0 Å². The van der Waals surface area contributed by atoms with Crippen molar-refractivity contribution in [2.45, 2.75) is 51.7 Å². The molecule has 6 heteroatoms. The molecule has 2 aliphatic rings. The molecule has 0 bridgehead atoms. The number of rotatable bonds is 3. The molecule has 120 valence electrons. The molecule has 0 aliphatic carbocycles. The summed E-state index contributed by atoms with van der Waals surface area (Å²) < 4.78 is 5.58. The number of carbonyl (C=O) groups excluding carboxylic acids is 1. The van der Waals surface area contributed by atoms with Crippen molar-refractivity contribution in [3.8, 4) is 0 Å². The molecule has 2 aliphatic heterocycles. The third-order valence-electron chi connectivity index (χ3n) is 4.51. The van der Waals surface area contributed by atoms with Crippen molar-refractivity contribution in [1.29, 1.82) is 0 Å². The van der Waals surface area contributed by atoms with E-state index in [0.29, 0.717) is 38.6 Å². The molecule has 0 aromatic heterocycles. The molecule has 2 fully saturated rings. The number of carbonyl (C=O) groups is 2. The van der Waals surface area contributed by atoms with Crippen molar-refractivity contribution >= 4 is 12.0 Å². The number of hydrogen-bond acceptors (Lipinski definition) is 3. The highest BCUT2D eigenvalue weighted by Crippen LogP contribution is 2.25. The van der Waals surface area contributed by atoms with Crippen LogP contribution in [-0.2, 0) is 9.53 Å². The topological polar surface area (TPSA) is 70.1 Å². The van der Waals surface area contributed by atoms with E-state index in [2.05, 4.69) is 0 Å². The van der Waals surface area contributed by atoms with Crippen LogP contribution in [0.5, 0.6) is 0 Å². The van der Waals surface area contributed by atoms with Crippen molar-refractivity contribution in [3.05, 3.63) is 0 Å². The second kappa shape index (κ2) is 7.11. The number of urea groups is 1. The maximum atomic E-state index is 12.6. The molecular formula is C15H26N2O4. The Balaban J connectivity index is 1.94. The third-order valence-corrected chi connectivity index (χ3v) is 4.51. The molecule has 2 rings (SSSR count). The number of carboxylic acid groups (broad SMARTS) is 1. The zero-order chi connectivity index (χ0) is 15.4. The van der Waals surface area contributed by atoms with Gasteiger partial charge in [0, 0.05) is 26.2 Å². The average Bonchev–Trinajstić information content (AvgIpc) is 2.47. The lowest BCUT2D eigenvalue weighted by atomic mass is 9.92. The van der Waals surface area contributed by atoms with E-state index in [1.807, 2.05) is 13.8 Å². The van der Waals surface area contributed by atoms with Gasteiger partial charge in [0.2, 0.25) is 0 Å². The molecule has 2 atom stereocenters. The van der Waals surface area contributed by atoms with Gasteiger partial charge in [0.25, 0.3) is 0 Å². The standard InChI is InChI=1S/C15H26N2O4/c1-3-21-12-5-7-16(8-6-12)15(20)17-9-4-11(2)10-13(17)14(18)19/h11-13H,3-10H2,1-2H3,(H,18,19). The largest absolute Gasteiger partial charge is 0.480 e. The van der Waals surface area contributed by atoms with E-state index in [-0.39, 0.29) is 12.1 Å². The molecule has 0 aromatic carbocycles. The van der Waals surface area contributed by atoms with Gasteiger partial charge in [0.15, 0.2) is 0 Å². The first-order valence-electron chi connectivity index (χ1n) is 7.92. The second-order valence-corrected chi connectivity index (χ2v) is 6.10. The van der Waals surface area contributed by atoms with E-state index >= 15 is 0 Å². The summed E-state index contributed by atoms with van der Waals surface area (Å²) in [4.78, 5) is 27.3. The number of aliphatic carboxylic acids is 1. The number of hydrogen-bond donors (Lipinski definition) is 1. The summed E-state index contributed by atoms with van der Waals surface area (Å²) in [7, 11) is 0. The van der Waals surface area contributed by atoms with Crippen LogP contribution in [0.25, 0.3) is 0 Å². The van der Waals surface area contributed by atoms with Gasteiger partial charge >= 0.3 is 12.0 Å². The van der Waals surface area contributed by atoms with Crippen LogP contribution in [0, 0.1) is 5.92 Å². The highest BCUT2D eigenvalue weighted by atomic mass is 16.5. The summed E-state index contributed by atoms with van der Waals surface area (Å²) in [6.07, 6.45) is 3.33. The quantitative estimate of drug-likeness (QED) is 0.862. The lowest BCUT2D eigenvalue weighted by molar-refractivity contribution is -0.144. The Bertz CT molecular complexity index is 380. The molecule has 6 nitrogen and oxygen atoms in total. The monoisotopic (exact) mass is 298 g/mol. The van der Waals surface area contributed by atoms with Gasteiger partial charge in [-0.05, 0) is 38.5 Å². The van der Waals surface area contributed by atoms with Crippen LogP contribution in [0.15, 0.2) is 0 Å². The van der Waals surface area contributed by atoms with E-state index in [0.717, 1.165) is 19.3 Å². The molecule has 2 unspecified atom stereocenters. The highest BCUT2D eigenvalue weighted by Gasteiger charge is 2.37. The van der Waals surface area contributed by atoms with Crippen molar-refractivity contribution < 1.29 is 19.4 Å². The summed E-state index contributed by atoms with van der Waals surface area (Å²) >= 11 is 0. The Hall–Kier alpha value is -1.30. The first-order valence-corrected chi connectivity index (χ1v) is 7.92. The van der Waals surface area contributed by atoms with Crippen LogP contribution < -0.4 is 0 Å². The van der Waals surface area contributed by atoms with E-state index < -0.39 is 12.0 Å². The fourth-order valence-electron chi connectivity index (χ4n) is 3.24. The number of ether oxygens (including phenoxy) is 1. The van der Waals surface area contributed by atoms with E-state index in [1.54, 1.807) is 9.80 Å². The molecule has 2 amide bonds. The maximum Gasteiger partial charge on any atom is 0.326 e. The van der Waals surface area contributed by atoms with E-state index in [1.165, 1.54) is 0 Å². The average molecular weight is 298 g/mol. The lowest BCUT2D eigenvalue weighted by Crippen LogP contribution is -2.56.